The van der Waals surface area contributed by atoms with Crippen molar-refractivity contribution in [2.24, 2.45) is 0 Å². The van der Waals surface area contributed by atoms with Crippen LogP contribution in [0, 0.1) is 5.82 Å². The Labute approximate surface area is 198 Å². The first kappa shape index (κ1) is 21.1. The summed E-state index contributed by atoms with van der Waals surface area (Å²) in [7, 11) is 0. The molecule has 0 bridgehead atoms. The highest BCUT2D eigenvalue weighted by Crippen LogP contribution is 2.27. The highest BCUT2D eigenvalue weighted by molar-refractivity contribution is 5.93. The number of nitrogens with zero attached hydrogens (tertiary/aromatic N) is 7. The van der Waals surface area contributed by atoms with E-state index in [1.807, 2.05) is 0 Å². The van der Waals surface area contributed by atoms with Crippen LogP contribution < -0.4 is 10.6 Å². The number of rotatable bonds is 5. The number of halogens is 1. The van der Waals surface area contributed by atoms with Gasteiger partial charge in [-0.1, -0.05) is 0 Å². The van der Waals surface area contributed by atoms with Gasteiger partial charge < -0.3 is 15.6 Å². The smallest absolute Gasteiger partial charge is 0.270 e. The van der Waals surface area contributed by atoms with Crippen LogP contribution in [0.4, 0.5) is 10.2 Å². The average molecular weight is 472 g/mol. The van der Waals surface area contributed by atoms with E-state index in [9.17, 15) is 9.18 Å². The first-order valence-electron chi connectivity index (χ1n) is 11.3. The molecule has 6 rings (SSSR count). The van der Waals surface area contributed by atoms with Crippen molar-refractivity contribution in [1.82, 2.24) is 44.8 Å². The van der Waals surface area contributed by atoms with Crippen LogP contribution in [0.3, 0.4) is 0 Å². The second kappa shape index (κ2) is 8.70. The van der Waals surface area contributed by atoms with Gasteiger partial charge in [-0.3, -0.25) is 4.79 Å². The van der Waals surface area contributed by atoms with Gasteiger partial charge in [0.1, 0.15) is 17.7 Å². The molecular formula is C23H21FN10O. The van der Waals surface area contributed by atoms with Crippen LogP contribution in [0.25, 0.3) is 28.1 Å². The molecule has 5 heterocycles. The van der Waals surface area contributed by atoms with Crippen molar-refractivity contribution in [1.29, 1.82) is 0 Å². The molecule has 0 radical (unpaired) electrons. The number of H-pyrrole nitrogens is 1. The van der Waals surface area contributed by atoms with Crippen molar-refractivity contribution in [3.63, 3.8) is 0 Å². The van der Waals surface area contributed by atoms with E-state index >= 15 is 0 Å². The molecular weight excluding hydrogens is 451 g/mol. The van der Waals surface area contributed by atoms with Crippen molar-refractivity contribution >= 4 is 28.4 Å². The minimum Gasteiger partial charge on any atom is -0.365 e. The lowest BCUT2D eigenvalue weighted by molar-refractivity contribution is 0.0921. The van der Waals surface area contributed by atoms with Crippen molar-refractivity contribution in [3.05, 3.63) is 61.0 Å². The van der Waals surface area contributed by atoms with Crippen LogP contribution in [0.1, 0.15) is 36.2 Å². The average Bonchev–Trinajstić information content (AvgIpc) is 3.52. The number of nitrogens with one attached hydrogen (secondary N) is 3. The number of hydrogen-bond donors (Lipinski definition) is 3. The maximum atomic E-state index is 14.6. The highest BCUT2D eigenvalue weighted by Gasteiger charge is 2.25. The van der Waals surface area contributed by atoms with Gasteiger partial charge in [0, 0.05) is 47.7 Å². The lowest BCUT2D eigenvalue weighted by Gasteiger charge is -2.30. The molecule has 0 unspecified atom stereocenters. The third-order valence-electron chi connectivity index (χ3n) is 6.18. The van der Waals surface area contributed by atoms with Crippen molar-refractivity contribution in [2.45, 2.75) is 37.8 Å². The molecule has 1 amide bonds. The summed E-state index contributed by atoms with van der Waals surface area (Å²) in [6.45, 7) is 0. The van der Waals surface area contributed by atoms with Gasteiger partial charge >= 0.3 is 0 Å². The molecule has 0 aliphatic heterocycles. The molecule has 1 fully saturated rings. The molecule has 0 saturated heterocycles. The standard InChI is InChI=1S/C23H21FN10O/c24-17-11-27-21(16-10-26-20-15(16)9-25-12-28-20)33-22(17)30-13-2-1-3-14(8-13)31-23(35)18-5-7-34-19(32-18)4-6-29-34/h4-7,9-14H,1-3,8H2,(H,31,35)(H,25,26,28)(H,27,30,33)/t13-,14+/m1/s1. The summed E-state index contributed by atoms with van der Waals surface area (Å²) < 4.78 is 16.2. The van der Waals surface area contributed by atoms with E-state index in [-0.39, 0.29) is 23.8 Å². The predicted molar refractivity (Wildman–Crippen MR) is 125 cm³/mol. The van der Waals surface area contributed by atoms with Crippen LogP contribution in [-0.2, 0) is 0 Å². The second-order valence-corrected chi connectivity index (χ2v) is 8.50. The minimum absolute atomic E-state index is 0.0529. The summed E-state index contributed by atoms with van der Waals surface area (Å²) in [6.07, 6.45) is 12.6. The van der Waals surface area contributed by atoms with E-state index in [0.717, 1.165) is 30.8 Å². The molecule has 176 valence electrons. The Bertz CT molecular complexity index is 1530. The first-order valence-corrected chi connectivity index (χ1v) is 11.3. The fourth-order valence-corrected chi connectivity index (χ4v) is 4.49. The molecule has 1 aliphatic carbocycles. The fourth-order valence-electron chi connectivity index (χ4n) is 4.49. The zero-order valence-electron chi connectivity index (χ0n) is 18.5. The van der Waals surface area contributed by atoms with Gasteiger partial charge in [0.05, 0.1) is 12.4 Å². The van der Waals surface area contributed by atoms with Gasteiger partial charge in [0.15, 0.2) is 23.1 Å². The molecule has 11 nitrogen and oxygen atoms in total. The quantitative estimate of drug-likeness (QED) is 0.355. The van der Waals surface area contributed by atoms with Crippen molar-refractivity contribution in [3.8, 4) is 11.4 Å². The number of hydrogen-bond acceptors (Lipinski definition) is 8. The number of anilines is 1. The van der Waals surface area contributed by atoms with Gasteiger partial charge in [0.2, 0.25) is 0 Å². The van der Waals surface area contributed by atoms with E-state index in [1.165, 1.54) is 6.33 Å². The maximum absolute atomic E-state index is 14.6. The summed E-state index contributed by atoms with van der Waals surface area (Å²) >= 11 is 0. The zero-order chi connectivity index (χ0) is 23.8. The Morgan fingerprint density at radius 2 is 2.06 bits per heavy atom. The highest BCUT2D eigenvalue weighted by atomic mass is 19.1. The van der Waals surface area contributed by atoms with E-state index < -0.39 is 5.82 Å². The largest absolute Gasteiger partial charge is 0.365 e. The van der Waals surface area contributed by atoms with E-state index in [2.05, 4.69) is 45.6 Å². The number of carbonyl (C=O) groups excluding carboxylic acids is 1. The molecule has 5 aromatic rings. The lowest BCUT2D eigenvalue weighted by atomic mass is 9.91. The molecule has 1 saturated carbocycles. The number of aromatic amines is 1. The van der Waals surface area contributed by atoms with E-state index in [0.29, 0.717) is 34.8 Å². The predicted octanol–water partition coefficient (Wildman–Crippen LogP) is 2.75. The summed E-state index contributed by atoms with van der Waals surface area (Å²) in [6, 6.07) is 3.27. The minimum atomic E-state index is -0.533. The molecule has 0 spiro atoms. The Kier molecular flexibility index (Phi) is 5.24. The van der Waals surface area contributed by atoms with Crippen molar-refractivity contribution < 1.29 is 9.18 Å². The molecule has 12 heteroatoms. The van der Waals surface area contributed by atoms with E-state index in [1.54, 1.807) is 41.4 Å². The lowest BCUT2D eigenvalue weighted by Crippen LogP contribution is -2.42. The van der Waals surface area contributed by atoms with Crippen LogP contribution in [-0.4, -0.2) is 57.5 Å². The van der Waals surface area contributed by atoms with E-state index in [4.69, 9.17) is 0 Å². The maximum Gasteiger partial charge on any atom is 0.270 e. The van der Waals surface area contributed by atoms with Gasteiger partial charge in [-0.05, 0) is 31.7 Å². The van der Waals surface area contributed by atoms with Gasteiger partial charge in [-0.15, -0.1) is 0 Å². The third-order valence-corrected chi connectivity index (χ3v) is 6.18. The number of carbonyl (C=O) groups is 1. The normalized spacial score (nSPS) is 18.1. The zero-order valence-corrected chi connectivity index (χ0v) is 18.5. The first-order chi connectivity index (χ1) is 17.1. The monoisotopic (exact) mass is 472 g/mol. The SMILES string of the molecule is O=C(N[C@H]1CCC[C@@H](Nc2nc(-c3c[nH]c4ncncc34)ncc2F)C1)c1ccn2nccc2n1. The Morgan fingerprint density at radius 1 is 1.14 bits per heavy atom. The summed E-state index contributed by atoms with van der Waals surface area (Å²) in [5, 5.41) is 11.1. The number of aromatic nitrogens is 8. The molecule has 3 N–H and O–H groups in total. The molecule has 0 aromatic carbocycles. The third kappa shape index (κ3) is 4.14. The summed E-state index contributed by atoms with van der Waals surface area (Å²) in [5.41, 5.74) is 2.30. The number of fused-ring (bicyclic) bond motifs is 2. The number of amides is 1. The van der Waals surface area contributed by atoms with Gasteiger partial charge in [-0.2, -0.15) is 5.10 Å². The summed E-state index contributed by atoms with van der Waals surface area (Å²) in [4.78, 5) is 37.0. The molecule has 2 atom stereocenters. The second-order valence-electron chi connectivity index (χ2n) is 8.50. The van der Waals surface area contributed by atoms with Crippen LogP contribution in [0.2, 0.25) is 0 Å². The topological polar surface area (TPSA) is 139 Å². The Morgan fingerprint density at radius 3 is 3.00 bits per heavy atom. The Hall–Kier alpha value is -4.48. The fraction of sp³-hybridized carbons (Fsp3) is 0.261. The molecule has 5 aromatic heterocycles. The van der Waals surface area contributed by atoms with Gasteiger partial charge in [-0.25, -0.2) is 33.8 Å². The summed E-state index contributed by atoms with van der Waals surface area (Å²) in [5.74, 6) is -0.270. The Balaban J connectivity index is 1.16. The van der Waals surface area contributed by atoms with Crippen molar-refractivity contribution in [2.75, 3.05) is 5.32 Å². The van der Waals surface area contributed by atoms with Crippen LogP contribution in [0.5, 0.6) is 0 Å². The molecule has 1 aliphatic rings. The van der Waals surface area contributed by atoms with Gasteiger partial charge in [0.25, 0.3) is 5.91 Å². The molecule has 35 heavy (non-hydrogen) atoms. The van der Waals surface area contributed by atoms with Crippen LogP contribution >= 0.6 is 0 Å². The van der Waals surface area contributed by atoms with Crippen LogP contribution in [0.15, 0.2) is 49.4 Å².